The lowest BCUT2D eigenvalue weighted by molar-refractivity contribution is 0.269. The molecular weight excluding hydrogens is 266 g/mol. The summed E-state index contributed by atoms with van der Waals surface area (Å²) < 4.78 is 16.4. The number of rotatable bonds is 6. The topological polar surface area (TPSA) is 43.6 Å². The minimum Gasteiger partial charge on any atom is -0.497 e. The molecule has 0 aliphatic rings. The Morgan fingerprint density at radius 3 is 2.62 bits per heavy atom. The second kappa shape index (κ2) is 6.68. The predicted molar refractivity (Wildman–Crippen MR) is 82.6 cm³/mol. The molecule has 0 unspecified atom stereocenters. The fourth-order valence-electron chi connectivity index (χ4n) is 1.81. The lowest BCUT2D eigenvalue weighted by Crippen LogP contribution is -2.34. The SMILES string of the molecule is COc1cccc(OCc2cc(CNC(C)(C)C)co2)c1. The van der Waals surface area contributed by atoms with Crippen LogP contribution >= 0.6 is 0 Å². The van der Waals surface area contributed by atoms with Crippen molar-refractivity contribution in [1.82, 2.24) is 5.32 Å². The summed E-state index contributed by atoms with van der Waals surface area (Å²) in [6.45, 7) is 7.61. The van der Waals surface area contributed by atoms with Crippen molar-refractivity contribution < 1.29 is 13.9 Å². The van der Waals surface area contributed by atoms with E-state index in [2.05, 4.69) is 26.1 Å². The van der Waals surface area contributed by atoms with E-state index in [1.807, 2.05) is 30.3 Å². The van der Waals surface area contributed by atoms with Crippen LogP contribution in [-0.4, -0.2) is 12.6 Å². The third-order valence-electron chi connectivity index (χ3n) is 2.95. The fourth-order valence-corrected chi connectivity index (χ4v) is 1.81. The minimum atomic E-state index is 0.0918. The zero-order chi connectivity index (χ0) is 15.3. The molecule has 4 heteroatoms. The van der Waals surface area contributed by atoms with Crippen LogP contribution in [0.1, 0.15) is 32.1 Å². The summed E-state index contributed by atoms with van der Waals surface area (Å²) in [5, 5.41) is 3.42. The smallest absolute Gasteiger partial charge is 0.146 e. The third kappa shape index (κ3) is 5.16. The van der Waals surface area contributed by atoms with Crippen LogP contribution in [0.2, 0.25) is 0 Å². The van der Waals surface area contributed by atoms with Gasteiger partial charge >= 0.3 is 0 Å². The maximum Gasteiger partial charge on any atom is 0.146 e. The summed E-state index contributed by atoms with van der Waals surface area (Å²) in [5.74, 6) is 2.35. The maximum atomic E-state index is 5.70. The summed E-state index contributed by atoms with van der Waals surface area (Å²) in [4.78, 5) is 0. The van der Waals surface area contributed by atoms with Gasteiger partial charge in [0.25, 0.3) is 0 Å². The van der Waals surface area contributed by atoms with Crippen LogP contribution in [0, 0.1) is 0 Å². The maximum absolute atomic E-state index is 5.70. The average molecular weight is 289 g/mol. The highest BCUT2D eigenvalue weighted by Gasteiger charge is 2.10. The van der Waals surface area contributed by atoms with Crippen molar-refractivity contribution >= 4 is 0 Å². The Kier molecular flexibility index (Phi) is 4.91. The Labute approximate surface area is 126 Å². The summed E-state index contributed by atoms with van der Waals surface area (Å²) >= 11 is 0. The van der Waals surface area contributed by atoms with Gasteiger partial charge in [-0.25, -0.2) is 0 Å². The first kappa shape index (κ1) is 15.4. The highest BCUT2D eigenvalue weighted by atomic mass is 16.5. The van der Waals surface area contributed by atoms with Gasteiger partial charge in [-0.1, -0.05) is 6.07 Å². The molecule has 21 heavy (non-hydrogen) atoms. The number of benzene rings is 1. The zero-order valence-electron chi connectivity index (χ0n) is 13.1. The Morgan fingerprint density at radius 2 is 1.90 bits per heavy atom. The molecule has 4 nitrogen and oxygen atoms in total. The third-order valence-corrected chi connectivity index (χ3v) is 2.95. The van der Waals surface area contributed by atoms with E-state index in [9.17, 15) is 0 Å². The normalized spacial score (nSPS) is 11.4. The van der Waals surface area contributed by atoms with E-state index >= 15 is 0 Å². The number of hydrogen-bond donors (Lipinski definition) is 1. The average Bonchev–Trinajstić information content (AvgIpc) is 2.90. The zero-order valence-corrected chi connectivity index (χ0v) is 13.1. The molecule has 2 rings (SSSR count). The van der Waals surface area contributed by atoms with Crippen molar-refractivity contribution in [2.45, 2.75) is 39.5 Å². The predicted octanol–water partition coefficient (Wildman–Crippen LogP) is 3.76. The summed E-state index contributed by atoms with van der Waals surface area (Å²) in [5.41, 5.74) is 1.21. The molecule has 2 aromatic rings. The van der Waals surface area contributed by atoms with Gasteiger partial charge in [-0.05, 0) is 39.0 Å². The molecule has 0 radical (unpaired) electrons. The molecule has 0 bridgehead atoms. The van der Waals surface area contributed by atoms with Gasteiger partial charge in [0.2, 0.25) is 0 Å². The van der Waals surface area contributed by atoms with Crippen molar-refractivity contribution in [2.24, 2.45) is 0 Å². The van der Waals surface area contributed by atoms with Crippen molar-refractivity contribution in [3.05, 3.63) is 47.9 Å². The molecule has 0 amide bonds. The van der Waals surface area contributed by atoms with E-state index in [0.29, 0.717) is 6.61 Å². The largest absolute Gasteiger partial charge is 0.497 e. The molecule has 114 valence electrons. The standard InChI is InChI=1S/C17H23NO3/c1-17(2,3)18-10-13-8-16(20-11-13)12-21-15-7-5-6-14(9-15)19-4/h5-9,11,18H,10,12H2,1-4H3. The molecule has 0 spiro atoms. The van der Waals surface area contributed by atoms with Gasteiger partial charge in [0, 0.05) is 23.7 Å². The Bertz CT molecular complexity index is 569. The molecule has 1 heterocycles. The first-order valence-corrected chi connectivity index (χ1v) is 7.04. The number of furan rings is 1. The highest BCUT2D eigenvalue weighted by molar-refractivity contribution is 5.32. The van der Waals surface area contributed by atoms with Crippen LogP contribution in [0.5, 0.6) is 11.5 Å². The Hall–Kier alpha value is -1.94. The van der Waals surface area contributed by atoms with E-state index in [-0.39, 0.29) is 5.54 Å². The van der Waals surface area contributed by atoms with Crippen LogP contribution in [0.3, 0.4) is 0 Å². The Balaban J connectivity index is 1.87. The highest BCUT2D eigenvalue weighted by Crippen LogP contribution is 2.20. The van der Waals surface area contributed by atoms with E-state index in [1.54, 1.807) is 13.4 Å². The molecule has 1 N–H and O–H groups in total. The molecule has 0 aliphatic heterocycles. The molecule has 1 aromatic carbocycles. The van der Waals surface area contributed by atoms with Gasteiger partial charge in [-0.2, -0.15) is 0 Å². The second-order valence-corrected chi connectivity index (χ2v) is 5.99. The number of nitrogens with one attached hydrogen (secondary N) is 1. The first-order chi connectivity index (χ1) is 9.96. The van der Waals surface area contributed by atoms with Crippen molar-refractivity contribution in [3.63, 3.8) is 0 Å². The monoisotopic (exact) mass is 289 g/mol. The summed E-state index contributed by atoms with van der Waals surface area (Å²) in [6.07, 6.45) is 1.77. The summed E-state index contributed by atoms with van der Waals surface area (Å²) in [6, 6.07) is 9.54. The van der Waals surface area contributed by atoms with Gasteiger partial charge in [-0.15, -0.1) is 0 Å². The van der Waals surface area contributed by atoms with Crippen molar-refractivity contribution in [2.75, 3.05) is 7.11 Å². The lowest BCUT2D eigenvalue weighted by atomic mass is 10.1. The first-order valence-electron chi connectivity index (χ1n) is 7.04. The number of ether oxygens (including phenoxy) is 2. The van der Waals surface area contributed by atoms with Gasteiger partial charge in [0.05, 0.1) is 13.4 Å². The van der Waals surface area contributed by atoms with Gasteiger partial charge in [0.1, 0.15) is 23.9 Å². The number of methoxy groups -OCH3 is 1. The molecule has 0 saturated carbocycles. The van der Waals surface area contributed by atoms with E-state index in [4.69, 9.17) is 13.9 Å². The Morgan fingerprint density at radius 1 is 1.14 bits per heavy atom. The minimum absolute atomic E-state index is 0.0918. The fraction of sp³-hybridized carbons (Fsp3) is 0.412. The lowest BCUT2D eigenvalue weighted by Gasteiger charge is -2.19. The molecule has 0 saturated heterocycles. The van der Waals surface area contributed by atoms with Crippen LogP contribution in [-0.2, 0) is 13.2 Å². The second-order valence-electron chi connectivity index (χ2n) is 5.99. The van der Waals surface area contributed by atoms with Gasteiger partial charge < -0.3 is 19.2 Å². The van der Waals surface area contributed by atoms with E-state index in [0.717, 1.165) is 29.4 Å². The number of hydrogen-bond acceptors (Lipinski definition) is 4. The van der Waals surface area contributed by atoms with Crippen LogP contribution in [0.15, 0.2) is 41.0 Å². The van der Waals surface area contributed by atoms with Crippen LogP contribution in [0.4, 0.5) is 0 Å². The van der Waals surface area contributed by atoms with Gasteiger partial charge in [-0.3, -0.25) is 0 Å². The summed E-state index contributed by atoms with van der Waals surface area (Å²) in [7, 11) is 1.64. The van der Waals surface area contributed by atoms with Gasteiger partial charge in [0.15, 0.2) is 0 Å². The van der Waals surface area contributed by atoms with E-state index in [1.165, 1.54) is 0 Å². The molecule has 0 aliphatic carbocycles. The van der Waals surface area contributed by atoms with Crippen LogP contribution < -0.4 is 14.8 Å². The molecule has 1 aromatic heterocycles. The van der Waals surface area contributed by atoms with Crippen molar-refractivity contribution in [3.8, 4) is 11.5 Å². The van der Waals surface area contributed by atoms with Crippen LogP contribution in [0.25, 0.3) is 0 Å². The molecule has 0 atom stereocenters. The van der Waals surface area contributed by atoms with E-state index < -0.39 is 0 Å². The molecule has 0 fully saturated rings. The quantitative estimate of drug-likeness (QED) is 0.879. The molecular formula is C17H23NO3. The van der Waals surface area contributed by atoms with Crippen molar-refractivity contribution in [1.29, 1.82) is 0 Å².